The maximum atomic E-state index is 6.14. The summed E-state index contributed by atoms with van der Waals surface area (Å²) in [6, 6.07) is 4.39. The Morgan fingerprint density at radius 3 is 2.78 bits per heavy atom. The van der Waals surface area contributed by atoms with Gasteiger partial charge in [0.15, 0.2) is 0 Å². The molecule has 100 valence electrons. The Balaban J connectivity index is 2.05. The van der Waals surface area contributed by atoms with Crippen molar-refractivity contribution < 1.29 is 4.74 Å². The summed E-state index contributed by atoms with van der Waals surface area (Å²) in [6.45, 7) is 3.89. The second-order valence-corrected chi connectivity index (χ2v) is 5.16. The Hall–Kier alpha value is -0.970. The van der Waals surface area contributed by atoms with Crippen molar-refractivity contribution in [3.05, 3.63) is 30.1 Å². The molecule has 18 heavy (non-hydrogen) atoms. The number of nitrogens with zero attached hydrogens (tertiary/aromatic N) is 2. The van der Waals surface area contributed by atoms with E-state index in [4.69, 9.17) is 10.5 Å². The Morgan fingerprint density at radius 2 is 2.22 bits per heavy atom. The Kier molecular flexibility index (Phi) is 4.69. The van der Waals surface area contributed by atoms with Crippen LogP contribution in [0.25, 0.3) is 0 Å². The first-order chi connectivity index (χ1) is 8.68. The summed E-state index contributed by atoms with van der Waals surface area (Å²) in [7, 11) is 2.12. The van der Waals surface area contributed by atoms with E-state index in [1.807, 2.05) is 24.5 Å². The van der Waals surface area contributed by atoms with Crippen molar-refractivity contribution in [1.29, 1.82) is 0 Å². The van der Waals surface area contributed by atoms with Gasteiger partial charge in [0, 0.05) is 37.6 Å². The summed E-state index contributed by atoms with van der Waals surface area (Å²) in [6.07, 6.45) is 6.34. The molecule has 0 amide bonds. The third kappa shape index (κ3) is 3.28. The lowest BCUT2D eigenvalue weighted by molar-refractivity contribution is 0.0642. The van der Waals surface area contributed by atoms with Crippen LogP contribution in [0, 0.1) is 0 Å². The molecule has 0 radical (unpaired) electrons. The average molecular weight is 249 g/mol. The summed E-state index contributed by atoms with van der Waals surface area (Å²) >= 11 is 0. The zero-order valence-corrected chi connectivity index (χ0v) is 11.2. The average Bonchev–Trinajstić information content (AvgIpc) is 2.83. The van der Waals surface area contributed by atoms with E-state index in [1.54, 1.807) is 0 Å². The molecular formula is C14H23N3O. The first-order valence-corrected chi connectivity index (χ1v) is 6.66. The van der Waals surface area contributed by atoms with Crippen LogP contribution in [-0.2, 0) is 4.74 Å². The van der Waals surface area contributed by atoms with Gasteiger partial charge in [-0.1, -0.05) is 0 Å². The quantitative estimate of drug-likeness (QED) is 0.861. The minimum Gasteiger partial charge on any atom is -0.377 e. The predicted octanol–water partition coefficient (Wildman–Crippen LogP) is 1.58. The van der Waals surface area contributed by atoms with Gasteiger partial charge < -0.3 is 10.5 Å². The number of nitrogens with two attached hydrogens (primary N) is 1. The Morgan fingerprint density at radius 1 is 1.50 bits per heavy atom. The first-order valence-electron chi connectivity index (χ1n) is 6.66. The summed E-state index contributed by atoms with van der Waals surface area (Å²) < 4.78 is 5.69. The van der Waals surface area contributed by atoms with Gasteiger partial charge in [0.25, 0.3) is 0 Å². The van der Waals surface area contributed by atoms with Crippen LogP contribution in [0.1, 0.15) is 31.4 Å². The van der Waals surface area contributed by atoms with E-state index in [-0.39, 0.29) is 12.1 Å². The van der Waals surface area contributed by atoms with Crippen molar-refractivity contribution in [1.82, 2.24) is 9.88 Å². The molecule has 1 saturated heterocycles. The molecular weight excluding hydrogens is 226 g/mol. The van der Waals surface area contributed by atoms with E-state index in [0.29, 0.717) is 6.10 Å². The van der Waals surface area contributed by atoms with Gasteiger partial charge in [0.1, 0.15) is 0 Å². The van der Waals surface area contributed by atoms with E-state index < -0.39 is 0 Å². The van der Waals surface area contributed by atoms with Gasteiger partial charge in [-0.2, -0.15) is 0 Å². The SMILES string of the molecule is CC(N)C(c1ccncc1)N(C)CC1CCCO1. The largest absolute Gasteiger partial charge is 0.377 e. The fourth-order valence-corrected chi connectivity index (χ4v) is 2.74. The standard InChI is InChI=1S/C14H23N3O/c1-11(15)14(12-5-7-16-8-6-12)17(2)10-13-4-3-9-18-13/h5-8,11,13-14H,3-4,9-10,15H2,1-2H3. The number of likely N-dealkylation sites (N-methyl/N-ethyl adjacent to an activating group) is 1. The van der Waals surface area contributed by atoms with Gasteiger partial charge in [0.05, 0.1) is 6.10 Å². The summed E-state index contributed by atoms with van der Waals surface area (Å²) in [4.78, 5) is 6.37. The minimum atomic E-state index is 0.0822. The maximum absolute atomic E-state index is 6.14. The third-order valence-electron chi connectivity index (χ3n) is 3.54. The lowest BCUT2D eigenvalue weighted by atomic mass is 10.0. The molecule has 4 nitrogen and oxygen atoms in total. The van der Waals surface area contributed by atoms with Crippen LogP contribution in [0.4, 0.5) is 0 Å². The molecule has 4 heteroatoms. The molecule has 1 fully saturated rings. The van der Waals surface area contributed by atoms with Crippen molar-refractivity contribution >= 4 is 0 Å². The fraction of sp³-hybridized carbons (Fsp3) is 0.643. The molecule has 2 rings (SSSR count). The fourth-order valence-electron chi connectivity index (χ4n) is 2.74. The molecule has 3 atom stereocenters. The van der Waals surface area contributed by atoms with E-state index in [2.05, 4.69) is 23.9 Å². The number of ether oxygens (including phenoxy) is 1. The van der Waals surface area contributed by atoms with Crippen molar-refractivity contribution in [2.24, 2.45) is 5.73 Å². The van der Waals surface area contributed by atoms with Crippen molar-refractivity contribution in [3.8, 4) is 0 Å². The highest BCUT2D eigenvalue weighted by Crippen LogP contribution is 2.23. The maximum Gasteiger partial charge on any atom is 0.0702 e. The van der Waals surface area contributed by atoms with Crippen LogP contribution in [0.2, 0.25) is 0 Å². The molecule has 2 heterocycles. The second-order valence-electron chi connectivity index (χ2n) is 5.16. The van der Waals surface area contributed by atoms with Crippen LogP contribution in [0.3, 0.4) is 0 Å². The highest BCUT2D eigenvalue weighted by molar-refractivity contribution is 5.17. The number of aromatic nitrogens is 1. The van der Waals surface area contributed by atoms with Crippen LogP contribution >= 0.6 is 0 Å². The highest BCUT2D eigenvalue weighted by Gasteiger charge is 2.25. The predicted molar refractivity (Wildman–Crippen MR) is 72.2 cm³/mol. The smallest absolute Gasteiger partial charge is 0.0702 e. The molecule has 0 bridgehead atoms. The van der Waals surface area contributed by atoms with Gasteiger partial charge in [0.2, 0.25) is 0 Å². The number of hydrogen-bond donors (Lipinski definition) is 1. The molecule has 1 aromatic heterocycles. The number of hydrogen-bond acceptors (Lipinski definition) is 4. The zero-order chi connectivity index (χ0) is 13.0. The molecule has 3 unspecified atom stereocenters. The molecule has 1 aliphatic heterocycles. The van der Waals surface area contributed by atoms with Gasteiger partial charge in [-0.15, -0.1) is 0 Å². The van der Waals surface area contributed by atoms with Crippen molar-refractivity contribution in [2.75, 3.05) is 20.2 Å². The van der Waals surface area contributed by atoms with E-state index in [9.17, 15) is 0 Å². The van der Waals surface area contributed by atoms with Crippen LogP contribution < -0.4 is 5.73 Å². The van der Waals surface area contributed by atoms with Crippen LogP contribution in [-0.4, -0.2) is 42.2 Å². The van der Waals surface area contributed by atoms with Crippen LogP contribution in [0.5, 0.6) is 0 Å². The second kappa shape index (κ2) is 6.27. The molecule has 2 N–H and O–H groups in total. The zero-order valence-electron chi connectivity index (χ0n) is 11.2. The highest BCUT2D eigenvalue weighted by atomic mass is 16.5. The molecule has 0 aliphatic carbocycles. The lowest BCUT2D eigenvalue weighted by Gasteiger charge is -2.32. The minimum absolute atomic E-state index is 0.0822. The summed E-state index contributed by atoms with van der Waals surface area (Å²) in [5.41, 5.74) is 7.36. The van der Waals surface area contributed by atoms with Gasteiger partial charge in [-0.25, -0.2) is 0 Å². The molecule has 0 saturated carbocycles. The molecule has 0 aromatic carbocycles. The monoisotopic (exact) mass is 249 g/mol. The summed E-state index contributed by atoms with van der Waals surface area (Å²) in [5.74, 6) is 0. The van der Waals surface area contributed by atoms with Crippen LogP contribution in [0.15, 0.2) is 24.5 Å². The number of rotatable bonds is 5. The van der Waals surface area contributed by atoms with Gasteiger partial charge in [-0.3, -0.25) is 9.88 Å². The van der Waals surface area contributed by atoms with Gasteiger partial charge in [-0.05, 0) is 44.5 Å². The first kappa shape index (κ1) is 13.5. The lowest BCUT2D eigenvalue weighted by Crippen LogP contribution is -2.40. The van der Waals surface area contributed by atoms with Crippen molar-refractivity contribution in [2.45, 2.75) is 38.0 Å². The molecule has 1 aliphatic rings. The molecule has 1 aromatic rings. The summed E-state index contributed by atoms with van der Waals surface area (Å²) in [5, 5.41) is 0. The topological polar surface area (TPSA) is 51.4 Å². The van der Waals surface area contributed by atoms with E-state index >= 15 is 0 Å². The van der Waals surface area contributed by atoms with Crippen molar-refractivity contribution in [3.63, 3.8) is 0 Å². The molecule has 0 spiro atoms. The normalized spacial score (nSPS) is 23.2. The Labute approximate surface area is 109 Å². The Bertz CT molecular complexity index is 349. The van der Waals surface area contributed by atoms with E-state index in [1.165, 1.54) is 12.0 Å². The van der Waals surface area contributed by atoms with Gasteiger partial charge >= 0.3 is 0 Å². The number of pyridine rings is 1. The van der Waals surface area contributed by atoms with E-state index in [0.717, 1.165) is 19.6 Å². The third-order valence-corrected chi connectivity index (χ3v) is 3.54.